The van der Waals surface area contributed by atoms with Crippen LogP contribution < -0.4 is 0 Å². The maximum atomic E-state index is 11.2. The zero-order valence-corrected chi connectivity index (χ0v) is 9.49. The van der Waals surface area contributed by atoms with Crippen LogP contribution >= 0.6 is 31.9 Å². The van der Waals surface area contributed by atoms with Crippen LogP contribution in [-0.4, -0.2) is 9.02 Å². The molecule has 1 rings (SSSR count). The third-order valence-corrected chi connectivity index (χ3v) is 2.45. The van der Waals surface area contributed by atoms with Crippen molar-refractivity contribution >= 4 is 37.6 Å². The molecule has 0 bridgehead atoms. The summed E-state index contributed by atoms with van der Waals surface area (Å²) in [6.07, 6.45) is 3.70. The van der Waals surface area contributed by atoms with E-state index in [-0.39, 0.29) is 9.02 Å². The lowest BCUT2D eigenvalue weighted by Crippen LogP contribution is -2.16. The molecule has 1 aliphatic carbocycles. The molecule has 0 heterocycles. The fourth-order valence-corrected chi connectivity index (χ4v) is 2.43. The molecule has 0 amide bonds. The highest BCUT2D eigenvalue weighted by atomic mass is 79.9. The maximum absolute atomic E-state index is 11.2. The number of hydrogen-bond donors (Lipinski definition) is 0. The van der Waals surface area contributed by atoms with E-state index in [0.29, 0.717) is 0 Å². The summed E-state index contributed by atoms with van der Waals surface area (Å²) >= 11 is 6.82. The Balaban J connectivity index is 3.08. The summed E-state index contributed by atoms with van der Waals surface area (Å²) in [5.74, 6) is 0.125. The summed E-state index contributed by atoms with van der Waals surface area (Å²) < 4.78 is -0.317. The van der Waals surface area contributed by atoms with Gasteiger partial charge in [-0.25, -0.2) is 0 Å². The molecule has 0 aromatic heterocycles. The summed E-state index contributed by atoms with van der Waals surface area (Å²) in [5.41, 5.74) is 1.55. The van der Waals surface area contributed by atoms with Gasteiger partial charge < -0.3 is 0 Å². The number of ketones is 1. The molecule has 0 aliphatic heterocycles. The highest BCUT2D eigenvalue weighted by Crippen LogP contribution is 2.35. The van der Waals surface area contributed by atoms with Gasteiger partial charge in [0, 0.05) is 0 Å². The molecule has 11 heavy (non-hydrogen) atoms. The van der Waals surface area contributed by atoms with Crippen molar-refractivity contribution in [3.05, 3.63) is 23.3 Å². The molecular formula is C8H8Br2O. The van der Waals surface area contributed by atoms with Crippen LogP contribution in [0.15, 0.2) is 23.3 Å². The molecule has 0 atom stereocenters. The molecule has 0 spiro atoms. The van der Waals surface area contributed by atoms with Crippen LogP contribution in [0.4, 0.5) is 0 Å². The van der Waals surface area contributed by atoms with E-state index in [1.54, 1.807) is 0 Å². The Hall–Kier alpha value is 0.110. The normalized spacial score (nSPS) is 22.7. The Labute approximate surface area is 82.8 Å². The van der Waals surface area contributed by atoms with Gasteiger partial charge in [-0.15, -0.1) is 0 Å². The Morgan fingerprint density at radius 3 is 1.91 bits per heavy atom. The van der Waals surface area contributed by atoms with E-state index in [0.717, 1.165) is 11.1 Å². The lowest BCUT2D eigenvalue weighted by atomic mass is 9.99. The Bertz CT molecular complexity index is 237. The first-order chi connectivity index (χ1) is 4.92. The minimum atomic E-state index is -0.317. The predicted octanol–water partition coefficient (Wildman–Crippen LogP) is 2.95. The standard InChI is InChI=1S/C8H8Br2O/c1-5-3-8(9,10)4-6(2)7(5)11/h3-4H,1-2H3. The zero-order chi connectivity index (χ0) is 8.65. The van der Waals surface area contributed by atoms with Gasteiger partial charge in [0.25, 0.3) is 0 Å². The van der Waals surface area contributed by atoms with Gasteiger partial charge in [-0.3, -0.25) is 4.79 Å². The van der Waals surface area contributed by atoms with Crippen molar-refractivity contribution in [2.75, 3.05) is 0 Å². The Morgan fingerprint density at radius 1 is 1.18 bits per heavy atom. The minimum absolute atomic E-state index is 0.125. The van der Waals surface area contributed by atoms with E-state index >= 15 is 0 Å². The Kier molecular flexibility index (Phi) is 2.40. The second-order valence-corrected chi connectivity index (χ2v) is 6.35. The van der Waals surface area contributed by atoms with Crippen molar-refractivity contribution in [2.24, 2.45) is 0 Å². The first-order valence-corrected chi connectivity index (χ1v) is 4.82. The molecular weight excluding hydrogens is 272 g/mol. The molecule has 60 valence electrons. The van der Waals surface area contributed by atoms with E-state index in [1.165, 1.54) is 0 Å². The van der Waals surface area contributed by atoms with Gasteiger partial charge in [0.05, 0.1) is 0 Å². The third kappa shape index (κ3) is 2.03. The smallest absolute Gasteiger partial charge is 0.183 e. The van der Waals surface area contributed by atoms with Crippen LogP contribution in [0.25, 0.3) is 0 Å². The van der Waals surface area contributed by atoms with Gasteiger partial charge in [-0.05, 0) is 37.1 Å². The number of allylic oxidation sites excluding steroid dienone is 4. The highest BCUT2D eigenvalue weighted by molar-refractivity contribution is 9.25. The van der Waals surface area contributed by atoms with E-state index in [1.807, 2.05) is 26.0 Å². The van der Waals surface area contributed by atoms with Crippen LogP contribution in [0.2, 0.25) is 0 Å². The molecule has 0 saturated heterocycles. The van der Waals surface area contributed by atoms with Crippen molar-refractivity contribution in [2.45, 2.75) is 17.1 Å². The lowest BCUT2D eigenvalue weighted by Gasteiger charge is -2.18. The van der Waals surface area contributed by atoms with Gasteiger partial charge in [-0.2, -0.15) is 0 Å². The van der Waals surface area contributed by atoms with E-state index < -0.39 is 0 Å². The van der Waals surface area contributed by atoms with Crippen LogP contribution in [0.5, 0.6) is 0 Å². The molecule has 0 fully saturated rings. The number of rotatable bonds is 0. The average molecular weight is 280 g/mol. The number of carbonyl (C=O) groups is 1. The number of Topliss-reactive ketones (excluding diaryl/α,β-unsaturated/α-hetero) is 1. The fraction of sp³-hybridized carbons (Fsp3) is 0.375. The average Bonchev–Trinajstić information content (AvgIpc) is 1.81. The van der Waals surface area contributed by atoms with Crippen molar-refractivity contribution in [1.29, 1.82) is 0 Å². The molecule has 3 heteroatoms. The van der Waals surface area contributed by atoms with E-state index in [4.69, 9.17) is 0 Å². The van der Waals surface area contributed by atoms with Crippen LogP contribution in [0.1, 0.15) is 13.8 Å². The summed E-state index contributed by atoms with van der Waals surface area (Å²) in [4.78, 5) is 11.2. The fourth-order valence-electron chi connectivity index (χ4n) is 1.06. The summed E-state index contributed by atoms with van der Waals surface area (Å²) in [7, 11) is 0. The number of carbonyl (C=O) groups excluding carboxylic acids is 1. The van der Waals surface area contributed by atoms with Crippen molar-refractivity contribution in [3.8, 4) is 0 Å². The molecule has 0 aromatic rings. The van der Waals surface area contributed by atoms with Crippen LogP contribution in [-0.2, 0) is 4.79 Å². The lowest BCUT2D eigenvalue weighted by molar-refractivity contribution is -0.112. The van der Waals surface area contributed by atoms with Gasteiger partial charge in [-0.1, -0.05) is 31.9 Å². The summed E-state index contributed by atoms with van der Waals surface area (Å²) in [6.45, 7) is 3.63. The molecule has 1 aliphatic rings. The second kappa shape index (κ2) is 2.87. The van der Waals surface area contributed by atoms with E-state index in [9.17, 15) is 4.79 Å². The summed E-state index contributed by atoms with van der Waals surface area (Å²) in [5, 5.41) is 0. The molecule has 0 unspecified atom stereocenters. The van der Waals surface area contributed by atoms with Crippen molar-refractivity contribution < 1.29 is 4.79 Å². The van der Waals surface area contributed by atoms with Gasteiger partial charge >= 0.3 is 0 Å². The first-order valence-electron chi connectivity index (χ1n) is 3.24. The van der Waals surface area contributed by atoms with Gasteiger partial charge in [0.1, 0.15) is 3.23 Å². The maximum Gasteiger partial charge on any atom is 0.183 e. The number of hydrogen-bond acceptors (Lipinski definition) is 1. The number of alkyl halides is 2. The SMILES string of the molecule is CC1=CC(Br)(Br)C=C(C)C1=O. The second-order valence-electron chi connectivity index (χ2n) is 2.66. The monoisotopic (exact) mass is 278 g/mol. The largest absolute Gasteiger partial charge is 0.289 e. The molecule has 1 nitrogen and oxygen atoms in total. The van der Waals surface area contributed by atoms with Crippen molar-refractivity contribution in [1.82, 2.24) is 0 Å². The van der Waals surface area contributed by atoms with Gasteiger partial charge in [0.2, 0.25) is 0 Å². The number of halogens is 2. The predicted molar refractivity (Wildman–Crippen MR) is 53.1 cm³/mol. The third-order valence-electron chi connectivity index (χ3n) is 1.53. The quantitative estimate of drug-likeness (QED) is 0.623. The molecule has 0 saturated carbocycles. The Morgan fingerprint density at radius 2 is 1.55 bits per heavy atom. The zero-order valence-electron chi connectivity index (χ0n) is 6.32. The summed E-state index contributed by atoms with van der Waals surface area (Å²) in [6, 6.07) is 0. The van der Waals surface area contributed by atoms with Crippen molar-refractivity contribution in [3.63, 3.8) is 0 Å². The highest BCUT2D eigenvalue weighted by Gasteiger charge is 2.24. The molecule has 0 N–H and O–H groups in total. The molecule has 0 radical (unpaired) electrons. The first kappa shape index (κ1) is 9.20. The van der Waals surface area contributed by atoms with E-state index in [2.05, 4.69) is 31.9 Å². The minimum Gasteiger partial charge on any atom is -0.289 e. The van der Waals surface area contributed by atoms with Crippen LogP contribution in [0, 0.1) is 0 Å². The van der Waals surface area contributed by atoms with Gasteiger partial charge in [0.15, 0.2) is 5.78 Å². The van der Waals surface area contributed by atoms with Crippen LogP contribution in [0.3, 0.4) is 0 Å². The molecule has 0 aromatic carbocycles. The topological polar surface area (TPSA) is 17.1 Å².